The van der Waals surface area contributed by atoms with Crippen LogP contribution in [0.1, 0.15) is 28.4 Å². The Morgan fingerprint density at radius 1 is 1.09 bits per heavy atom. The summed E-state index contributed by atoms with van der Waals surface area (Å²) in [6, 6.07) is 18.0. The smallest absolute Gasteiger partial charge is 0.275 e. The molecule has 0 saturated carbocycles. The lowest BCUT2D eigenvalue weighted by molar-refractivity contribution is 0.0952. The first-order valence-corrected chi connectivity index (χ1v) is 11.0. The summed E-state index contributed by atoms with van der Waals surface area (Å²) in [6.45, 7) is 2.64. The number of carbonyl (C=O) groups excluding carboxylic acids is 1. The van der Waals surface area contributed by atoms with E-state index in [1.54, 1.807) is 30.3 Å². The van der Waals surface area contributed by atoms with Crippen LogP contribution >= 0.6 is 27.5 Å². The second-order valence-corrected chi connectivity index (χ2v) is 7.80. The Morgan fingerprint density at radius 3 is 2.59 bits per heavy atom. The summed E-state index contributed by atoms with van der Waals surface area (Å²) in [7, 11) is 1.51. The van der Waals surface area contributed by atoms with Crippen molar-refractivity contribution in [2.45, 2.75) is 13.5 Å². The Bertz CT molecular complexity index is 1120. The van der Waals surface area contributed by atoms with Gasteiger partial charge in [-0.2, -0.15) is 5.10 Å². The first-order chi connectivity index (χ1) is 15.5. The highest BCUT2D eigenvalue weighted by molar-refractivity contribution is 9.10. The maximum absolute atomic E-state index is 12.4. The molecule has 0 radical (unpaired) electrons. The molecule has 0 saturated heterocycles. The number of benzene rings is 3. The summed E-state index contributed by atoms with van der Waals surface area (Å²) >= 11 is 9.75. The van der Waals surface area contributed by atoms with Crippen LogP contribution in [0.4, 0.5) is 0 Å². The molecule has 32 heavy (non-hydrogen) atoms. The molecular weight excluding hydrogens is 496 g/mol. The SMILES string of the molecule is CCOc1cc(/C=N\NC(=O)c2ccccc2OC)cc(Br)c1OCc1ccccc1Cl. The van der Waals surface area contributed by atoms with Gasteiger partial charge in [0.2, 0.25) is 0 Å². The number of methoxy groups -OCH3 is 1. The van der Waals surface area contributed by atoms with E-state index >= 15 is 0 Å². The fourth-order valence-corrected chi connectivity index (χ4v) is 3.65. The van der Waals surface area contributed by atoms with Gasteiger partial charge < -0.3 is 14.2 Å². The monoisotopic (exact) mass is 516 g/mol. The molecule has 3 rings (SSSR count). The molecule has 3 aromatic rings. The van der Waals surface area contributed by atoms with Gasteiger partial charge in [-0.25, -0.2) is 5.43 Å². The van der Waals surface area contributed by atoms with Crippen molar-refractivity contribution in [1.29, 1.82) is 0 Å². The molecule has 0 atom stereocenters. The van der Waals surface area contributed by atoms with Crippen molar-refractivity contribution in [3.8, 4) is 17.2 Å². The molecule has 0 unspecified atom stereocenters. The van der Waals surface area contributed by atoms with Crippen molar-refractivity contribution < 1.29 is 19.0 Å². The Morgan fingerprint density at radius 2 is 1.84 bits per heavy atom. The van der Waals surface area contributed by atoms with Crippen molar-refractivity contribution in [2.75, 3.05) is 13.7 Å². The van der Waals surface area contributed by atoms with Crippen LogP contribution in [-0.4, -0.2) is 25.8 Å². The normalized spacial score (nSPS) is 10.8. The van der Waals surface area contributed by atoms with E-state index in [0.717, 1.165) is 5.56 Å². The summed E-state index contributed by atoms with van der Waals surface area (Å²) < 4.78 is 17.6. The zero-order valence-corrected chi connectivity index (χ0v) is 19.9. The van der Waals surface area contributed by atoms with Gasteiger partial charge in [0.25, 0.3) is 5.91 Å². The minimum Gasteiger partial charge on any atom is -0.496 e. The van der Waals surface area contributed by atoms with Crippen LogP contribution < -0.4 is 19.6 Å². The van der Waals surface area contributed by atoms with E-state index in [9.17, 15) is 4.79 Å². The van der Waals surface area contributed by atoms with Crippen molar-refractivity contribution in [3.63, 3.8) is 0 Å². The van der Waals surface area contributed by atoms with Gasteiger partial charge in [-0.15, -0.1) is 0 Å². The van der Waals surface area contributed by atoms with Gasteiger partial charge in [-0.3, -0.25) is 4.79 Å². The number of hydrogen-bond donors (Lipinski definition) is 1. The van der Waals surface area contributed by atoms with Crippen LogP contribution in [0.5, 0.6) is 17.2 Å². The first-order valence-electron chi connectivity index (χ1n) is 9.82. The molecule has 166 valence electrons. The highest BCUT2D eigenvalue weighted by atomic mass is 79.9. The second kappa shape index (κ2) is 11.5. The molecule has 3 aromatic carbocycles. The van der Waals surface area contributed by atoms with Gasteiger partial charge in [0, 0.05) is 10.6 Å². The Hall–Kier alpha value is -3.03. The topological polar surface area (TPSA) is 69.2 Å². The molecule has 0 aliphatic rings. The third kappa shape index (κ3) is 6.02. The van der Waals surface area contributed by atoms with Crippen molar-refractivity contribution in [2.24, 2.45) is 5.10 Å². The molecule has 0 spiro atoms. The van der Waals surface area contributed by atoms with E-state index in [-0.39, 0.29) is 5.91 Å². The van der Waals surface area contributed by atoms with Crippen LogP contribution in [0.2, 0.25) is 5.02 Å². The number of hydrogen-bond acceptors (Lipinski definition) is 5. The number of ether oxygens (including phenoxy) is 3. The van der Waals surface area contributed by atoms with Gasteiger partial charge in [-0.05, 0) is 58.7 Å². The molecule has 0 aliphatic carbocycles. The van der Waals surface area contributed by atoms with Gasteiger partial charge in [-0.1, -0.05) is 41.9 Å². The molecular formula is C24H22BrClN2O4. The number of halogens is 2. The minimum atomic E-state index is -0.373. The standard InChI is InChI=1S/C24H22BrClN2O4/c1-3-31-22-13-16(14-27-28-24(29)18-9-5-7-11-21(18)30-2)12-19(25)23(22)32-15-17-8-4-6-10-20(17)26/h4-14H,3,15H2,1-2H3,(H,28,29)/b27-14-. The molecule has 6 nitrogen and oxygen atoms in total. The highest BCUT2D eigenvalue weighted by Crippen LogP contribution is 2.37. The van der Waals surface area contributed by atoms with Crippen molar-refractivity contribution >= 4 is 39.7 Å². The number of nitrogens with zero attached hydrogens (tertiary/aromatic N) is 1. The maximum atomic E-state index is 12.4. The molecule has 0 heterocycles. The third-order valence-corrected chi connectivity index (χ3v) is 5.35. The van der Waals surface area contributed by atoms with Crippen LogP contribution in [-0.2, 0) is 6.61 Å². The number of carbonyl (C=O) groups is 1. The summed E-state index contributed by atoms with van der Waals surface area (Å²) in [5.74, 6) is 1.21. The maximum Gasteiger partial charge on any atom is 0.275 e. The molecule has 0 aliphatic heterocycles. The predicted octanol–water partition coefficient (Wildman–Crippen LogP) is 5.85. The Kier molecular flexibility index (Phi) is 8.53. The molecule has 8 heteroatoms. The van der Waals surface area contributed by atoms with Gasteiger partial charge in [0.05, 0.1) is 30.0 Å². The van der Waals surface area contributed by atoms with E-state index in [1.807, 2.05) is 37.3 Å². The lowest BCUT2D eigenvalue weighted by Gasteiger charge is -2.15. The lowest BCUT2D eigenvalue weighted by atomic mass is 10.2. The van der Waals surface area contributed by atoms with E-state index in [2.05, 4.69) is 26.5 Å². The van der Waals surface area contributed by atoms with Crippen molar-refractivity contribution in [1.82, 2.24) is 5.43 Å². The quantitative estimate of drug-likeness (QED) is 0.285. The number of amides is 1. The average Bonchev–Trinajstić information content (AvgIpc) is 2.79. The van der Waals surface area contributed by atoms with Gasteiger partial charge >= 0.3 is 0 Å². The summed E-state index contributed by atoms with van der Waals surface area (Å²) in [4.78, 5) is 12.4. The molecule has 1 amide bonds. The number of nitrogens with one attached hydrogen (secondary N) is 1. The molecule has 1 N–H and O–H groups in total. The lowest BCUT2D eigenvalue weighted by Crippen LogP contribution is -2.18. The zero-order chi connectivity index (χ0) is 22.9. The molecule has 0 bridgehead atoms. The van der Waals surface area contributed by atoms with E-state index in [0.29, 0.717) is 51.1 Å². The first kappa shape index (κ1) is 23.6. The van der Waals surface area contributed by atoms with E-state index in [4.69, 9.17) is 25.8 Å². The van der Waals surface area contributed by atoms with Crippen LogP contribution in [0, 0.1) is 0 Å². The second-order valence-electron chi connectivity index (χ2n) is 6.54. The Balaban J connectivity index is 1.74. The van der Waals surface area contributed by atoms with Crippen LogP contribution in [0.3, 0.4) is 0 Å². The third-order valence-electron chi connectivity index (χ3n) is 4.39. The zero-order valence-electron chi connectivity index (χ0n) is 17.6. The van der Waals surface area contributed by atoms with Crippen LogP contribution in [0.15, 0.2) is 70.2 Å². The fraction of sp³-hybridized carbons (Fsp3) is 0.167. The number of para-hydroxylation sites is 1. The number of hydrazone groups is 1. The highest BCUT2D eigenvalue weighted by Gasteiger charge is 2.14. The molecule has 0 aromatic heterocycles. The van der Waals surface area contributed by atoms with Gasteiger partial charge in [0.1, 0.15) is 12.4 Å². The number of rotatable bonds is 9. The summed E-state index contributed by atoms with van der Waals surface area (Å²) in [5.41, 5.74) is 4.49. The van der Waals surface area contributed by atoms with Crippen molar-refractivity contribution in [3.05, 3.63) is 86.8 Å². The molecule has 0 fully saturated rings. The largest absolute Gasteiger partial charge is 0.496 e. The van der Waals surface area contributed by atoms with E-state index in [1.165, 1.54) is 13.3 Å². The minimum absolute atomic E-state index is 0.292. The van der Waals surface area contributed by atoms with Gasteiger partial charge in [0.15, 0.2) is 11.5 Å². The Labute approximate surface area is 200 Å². The summed E-state index contributed by atoms with van der Waals surface area (Å²) in [5, 5.41) is 4.69. The van der Waals surface area contributed by atoms with E-state index < -0.39 is 0 Å². The fourth-order valence-electron chi connectivity index (χ4n) is 2.89. The average molecular weight is 518 g/mol. The van der Waals surface area contributed by atoms with Crippen LogP contribution in [0.25, 0.3) is 0 Å². The predicted molar refractivity (Wildman–Crippen MR) is 129 cm³/mol. The summed E-state index contributed by atoms with van der Waals surface area (Å²) in [6.07, 6.45) is 1.53.